The van der Waals surface area contributed by atoms with Crippen LogP contribution in [0.15, 0.2) is 18.3 Å². The number of anilines is 1. The van der Waals surface area contributed by atoms with Crippen LogP contribution in [0.5, 0.6) is 0 Å². The van der Waals surface area contributed by atoms with E-state index >= 15 is 0 Å². The van der Waals surface area contributed by atoms with E-state index in [-0.39, 0.29) is 0 Å². The molecule has 0 aliphatic carbocycles. The van der Waals surface area contributed by atoms with E-state index in [1.54, 1.807) is 0 Å². The first-order valence-electron chi connectivity index (χ1n) is 6.03. The van der Waals surface area contributed by atoms with Crippen LogP contribution in [0.2, 0.25) is 0 Å². The van der Waals surface area contributed by atoms with E-state index in [9.17, 15) is 0 Å². The largest absolute Gasteiger partial charge is 0.356 e. The van der Waals surface area contributed by atoms with Gasteiger partial charge in [0.25, 0.3) is 0 Å². The van der Waals surface area contributed by atoms with Gasteiger partial charge in [0.1, 0.15) is 5.82 Å². The number of piperidine rings is 1. The van der Waals surface area contributed by atoms with Gasteiger partial charge in [-0.2, -0.15) is 0 Å². The van der Waals surface area contributed by atoms with E-state index < -0.39 is 0 Å². The Bertz CT molecular complexity index is 338. The molecule has 0 aromatic carbocycles. The van der Waals surface area contributed by atoms with Crippen molar-refractivity contribution in [3.63, 3.8) is 0 Å². The van der Waals surface area contributed by atoms with Crippen LogP contribution >= 0.6 is 11.6 Å². The van der Waals surface area contributed by atoms with Crippen LogP contribution in [-0.2, 0) is 0 Å². The number of hydrogen-bond acceptors (Lipinski definition) is 2. The van der Waals surface area contributed by atoms with Crippen molar-refractivity contribution in [2.45, 2.75) is 26.2 Å². The minimum atomic E-state index is 0.744. The zero-order valence-corrected chi connectivity index (χ0v) is 10.6. The van der Waals surface area contributed by atoms with Crippen LogP contribution in [0.3, 0.4) is 0 Å². The second-order valence-electron chi connectivity index (χ2n) is 4.62. The van der Waals surface area contributed by atoms with Crippen molar-refractivity contribution in [2.24, 2.45) is 5.92 Å². The molecule has 0 radical (unpaired) electrons. The van der Waals surface area contributed by atoms with Gasteiger partial charge >= 0.3 is 0 Å². The third-order valence-corrected chi connectivity index (χ3v) is 3.48. The fourth-order valence-corrected chi connectivity index (χ4v) is 2.66. The summed E-state index contributed by atoms with van der Waals surface area (Å²) in [5, 5.41) is 0. The highest BCUT2D eigenvalue weighted by Gasteiger charge is 2.20. The van der Waals surface area contributed by atoms with Gasteiger partial charge < -0.3 is 4.90 Å². The average molecular weight is 239 g/mol. The van der Waals surface area contributed by atoms with Gasteiger partial charge in [-0.05, 0) is 49.8 Å². The molecule has 1 unspecified atom stereocenters. The average Bonchev–Trinajstić information content (AvgIpc) is 2.30. The maximum Gasteiger partial charge on any atom is 0.128 e. The lowest BCUT2D eigenvalue weighted by atomic mass is 9.95. The topological polar surface area (TPSA) is 16.1 Å². The molecule has 2 rings (SSSR count). The fraction of sp³-hybridized carbons (Fsp3) is 0.615. The second kappa shape index (κ2) is 5.53. The van der Waals surface area contributed by atoms with Crippen molar-refractivity contribution in [2.75, 3.05) is 23.9 Å². The number of alkyl halides is 1. The summed E-state index contributed by atoms with van der Waals surface area (Å²) in [4.78, 5) is 6.85. The van der Waals surface area contributed by atoms with Crippen LogP contribution < -0.4 is 4.90 Å². The van der Waals surface area contributed by atoms with Gasteiger partial charge in [0, 0.05) is 25.2 Å². The van der Waals surface area contributed by atoms with Gasteiger partial charge in [-0.25, -0.2) is 4.98 Å². The van der Waals surface area contributed by atoms with Crippen molar-refractivity contribution in [3.8, 4) is 0 Å². The molecule has 1 aliphatic rings. The quantitative estimate of drug-likeness (QED) is 0.752. The van der Waals surface area contributed by atoms with Gasteiger partial charge in [-0.3, -0.25) is 0 Å². The zero-order chi connectivity index (χ0) is 11.4. The van der Waals surface area contributed by atoms with Crippen LogP contribution in [0.1, 0.15) is 24.8 Å². The first-order valence-corrected chi connectivity index (χ1v) is 6.56. The molecule has 1 aliphatic heterocycles. The highest BCUT2D eigenvalue weighted by Crippen LogP contribution is 2.24. The Morgan fingerprint density at radius 2 is 2.44 bits per heavy atom. The Kier molecular flexibility index (Phi) is 4.05. The van der Waals surface area contributed by atoms with Crippen LogP contribution in [0, 0.1) is 12.8 Å². The summed E-state index contributed by atoms with van der Waals surface area (Å²) >= 11 is 5.82. The zero-order valence-electron chi connectivity index (χ0n) is 9.82. The lowest BCUT2D eigenvalue weighted by molar-refractivity contribution is 0.404. The molecule has 2 nitrogen and oxygen atoms in total. The van der Waals surface area contributed by atoms with Crippen LogP contribution in [0.4, 0.5) is 5.82 Å². The molecule has 1 fully saturated rings. The van der Waals surface area contributed by atoms with Gasteiger partial charge in [0.05, 0.1) is 0 Å². The number of halogens is 1. The summed E-state index contributed by atoms with van der Waals surface area (Å²) in [7, 11) is 0. The molecule has 88 valence electrons. The van der Waals surface area contributed by atoms with Crippen molar-refractivity contribution in [1.29, 1.82) is 0 Å². The summed E-state index contributed by atoms with van der Waals surface area (Å²) < 4.78 is 0. The summed E-state index contributed by atoms with van der Waals surface area (Å²) in [6.45, 7) is 4.36. The normalized spacial score (nSPS) is 21.1. The van der Waals surface area contributed by atoms with Gasteiger partial charge in [0.15, 0.2) is 0 Å². The van der Waals surface area contributed by atoms with Crippen molar-refractivity contribution in [1.82, 2.24) is 4.98 Å². The third-order valence-electron chi connectivity index (χ3n) is 3.26. The molecule has 2 heterocycles. The summed E-state index contributed by atoms with van der Waals surface area (Å²) in [5.74, 6) is 2.65. The Hall–Kier alpha value is -0.760. The van der Waals surface area contributed by atoms with Gasteiger partial charge in [-0.15, -0.1) is 11.6 Å². The molecule has 0 spiro atoms. The lowest BCUT2D eigenvalue weighted by Gasteiger charge is -2.33. The highest BCUT2D eigenvalue weighted by atomic mass is 35.5. The minimum absolute atomic E-state index is 0.744. The number of aryl methyl sites for hydroxylation is 1. The van der Waals surface area contributed by atoms with Crippen molar-refractivity contribution < 1.29 is 0 Å². The number of aromatic nitrogens is 1. The summed E-state index contributed by atoms with van der Waals surface area (Å²) in [5.41, 5.74) is 1.28. The van der Waals surface area contributed by atoms with Gasteiger partial charge in [0.2, 0.25) is 0 Å². The van der Waals surface area contributed by atoms with Crippen molar-refractivity contribution >= 4 is 17.4 Å². The molecule has 1 aromatic heterocycles. The molecule has 1 aromatic rings. The van der Waals surface area contributed by atoms with E-state index in [0.717, 1.165) is 37.1 Å². The number of pyridine rings is 1. The smallest absolute Gasteiger partial charge is 0.128 e. The SMILES string of the molecule is Cc1ccnc(N2CCCC(CCCl)C2)c1. The Morgan fingerprint density at radius 1 is 1.56 bits per heavy atom. The van der Waals surface area contributed by atoms with E-state index in [1.165, 1.54) is 18.4 Å². The van der Waals surface area contributed by atoms with Crippen molar-refractivity contribution in [3.05, 3.63) is 23.9 Å². The Balaban J connectivity index is 2.03. The predicted molar refractivity (Wildman–Crippen MR) is 69.2 cm³/mol. The van der Waals surface area contributed by atoms with Crippen LogP contribution in [0.25, 0.3) is 0 Å². The second-order valence-corrected chi connectivity index (χ2v) is 5.00. The summed E-state index contributed by atoms with van der Waals surface area (Å²) in [6, 6.07) is 4.22. The highest BCUT2D eigenvalue weighted by molar-refractivity contribution is 6.17. The minimum Gasteiger partial charge on any atom is -0.356 e. The first-order chi connectivity index (χ1) is 7.79. The molecular weight excluding hydrogens is 220 g/mol. The van der Waals surface area contributed by atoms with E-state index in [1.807, 2.05) is 12.3 Å². The molecular formula is C13H19ClN2. The maximum atomic E-state index is 5.82. The number of hydrogen-bond donors (Lipinski definition) is 0. The van der Waals surface area contributed by atoms with E-state index in [2.05, 4.69) is 22.9 Å². The number of nitrogens with zero attached hydrogens (tertiary/aromatic N) is 2. The standard InChI is InChI=1S/C13H19ClN2/c1-11-5-7-15-13(9-11)16-8-2-3-12(10-16)4-6-14/h5,7,9,12H,2-4,6,8,10H2,1H3. The molecule has 1 saturated heterocycles. The molecule has 0 N–H and O–H groups in total. The first kappa shape index (κ1) is 11.7. The Labute approximate surface area is 103 Å². The molecule has 3 heteroatoms. The maximum absolute atomic E-state index is 5.82. The predicted octanol–water partition coefficient (Wildman–Crippen LogP) is 3.24. The van der Waals surface area contributed by atoms with E-state index in [4.69, 9.17) is 11.6 Å². The molecule has 1 atom stereocenters. The Morgan fingerprint density at radius 3 is 3.19 bits per heavy atom. The third kappa shape index (κ3) is 2.88. The van der Waals surface area contributed by atoms with E-state index in [0.29, 0.717) is 0 Å². The molecule has 0 bridgehead atoms. The van der Waals surface area contributed by atoms with Gasteiger partial charge in [-0.1, -0.05) is 0 Å². The summed E-state index contributed by atoms with van der Waals surface area (Å²) in [6.07, 6.45) is 5.60. The fourth-order valence-electron chi connectivity index (χ4n) is 2.36. The molecule has 16 heavy (non-hydrogen) atoms. The number of rotatable bonds is 3. The monoisotopic (exact) mass is 238 g/mol. The molecule has 0 amide bonds. The lowest BCUT2D eigenvalue weighted by Crippen LogP contribution is -2.36. The molecule has 0 saturated carbocycles. The van der Waals surface area contributed by atoms with Crippen LogP contribution in [-0.4, -0.2) is 24.0 Å².